The maximum atomic E-state index is 12.8. The molecule has 166 valence electrons. The molecule has 4 rings (SSSR count). The van der Waals surface area contributed by atoms with E-state index in [4.69, 9.17) is 9.47 Å². The van der Waals surface area contributed by atoms with Crippen LogP contribution in [0.2, 0.25) is 0 Å². The second kappa shape index (κ2) is 7.20. The number of ether oxygens (including phenoxy) is 2. The Kier molecular flexibility index (Phi) is 5.18. The lowest BCUT2D eigenvalue weighted by Gasteiger charge is -2.59. The fraction of sp³-hybridized carbons (Fsp3) is 0.800. The van der Waals surface area contributed by atoms with Gasteiger partial charge in [-0.15, -0.1) is 0 Å². The molecule has 0 spiro atoms. The van der Waals surface area contributed by atoms with Gasteiger partial charge in [0.2, 0.25) is 0 Å². The molecule has 2 unspecified atom stereocenters. The highest BCUT2D eigenvalue weighted by Gasteiger charge is 2.67. The number of Topliss-reactive ketones (excluding diaryl/α,β-unsaturated/α-hetero) is 1. The smallest absolute Gasteiger partial charge is 0.303 e. The van der Waals surface area contributed by atoms with E-state index >= 15 is 0 Å². The van der Waals surface area contributed by atoms with Gasteiger partial charge < -0.3 is 9.47 Å². The summed E-state index contributed by atoms with van der Waals surface area (Å²) in [6.45, 7) is 9.11. The molecule has 0 bridgehead atoms. The van der Waals surface area contributed by atoms with Gasteiger partial charge in [-0.05, 0) is 87.5 Å². The second-order valence-electron chi connectivity index (χ2n) is 10.7. The third kappa shape index (κ3) is 2.98. The first-order valence-electron chi connectivity index (χ1n) is 11.6. The van der Waals surface area contributed by atoms with Gasteiger partial charge in [0.25, 0.3) is 0 Å². The highest BCUT2D eigenvalue weighted by Crippen LogP contribution is 2.68. The van der Waals surface area contributed by atoms with Gasteiger partial charge in [-0.25, -0.2) is 0 Å². The zero-order valence-electron chi connectivity index (χ0n) is 19.1. The maximum Gasteiger partial charge on any atom is 0.303 e. The fourth-order valence-electron chi connectivity index (χ4n) is 8.06. The minimum Gasteiger partial charge on any atom is -0.458 e. The van der Waals surface area contributed by atoms with E-state index in [0.717, 1.165) is 44.9 Å². The first-order valence-corrected chi connectivity index (χ1v) is 11.6. The fourth-order valence-corrected chi connectivity index (χ4v) is 8.06. The maximum absolute atomic E-state index is 12.8. The van der Waals surface area contributed by atoms with Gasteiger partial charge in [0.05, 0.1) is 0 Å². The Morgan fingerprint density at radius 1 is 0.900 bits per heavy atom. The molecule has 0 saturated heterocycles. The van der Waals surface area contributed by atoms with E-state index in [2.05, 4.69) is 19.9 Å². The van der Waals surface area contributed by atoms with Crippen LogP contribution in [-0.4, -0.2) is 29.4 Å². The van der Waals surface area contributed by atoms with Gasteiger partial charge in [0.15, 0.2) is 11.4 Å². The van der Waals surface area contributed by atoms with Crippen LogP contribution in [0.1, 0.15) is 86.0 Å². The van der Waals surface area contributed by atoms with Gasteiger partial charge in [-0.2, -0.15) is 0 Å². The highest BCUT2D eigenvalue weighted by atomic mass is 16.6. The molecule has 5 heteroatoms. The lowest BCUT2D eigenvalue weighted by atomic mass is 9.46. The van der Waals surface area contributed by atoms with E-state index in [1.165, 1.54) is 19.4 Å². The van der Waals surface area contributed by atoms with E-state index in [1.54, 1.807) is 6.92 Å². The minimum absolute atomic E-state index is 0.00523. The van der Waals surface area contributed by atoms with Crippen LogP contribution < -0.4 is 0 Å². The van der Waals surface area contributed by atoms with Gasteiger partial charge in [-0.1, -0.05) is 19.4 Å². The summed E-state index contributed by atoms with van der Waals surface area (Å²) in [6.07, 6.45) is 9.78. The van der Waals surface area contributed by atoms with Gasteiger partial charge in [0, 0.05) is 19.3 Å². The summed E-state index contributed by atoms with van der Waals surface area (Å²) < 4.78 is 11.3. The topological polar surface area (TPSA) is 69.7 Å². The normalized spacial score (nSPS) is 44.8. The van der Waals surface area contributed by atoms with E-state index < -0.39 is 5.60 Å². The predicted octanol–water partition coefficient (Wildman–Crippen LogP) is 4.77. The van der Waals surface area contributed by atoms with Crippen LogP contribution >= 0.6 is 0 Å². The summed E-state index contributed by atoms with van der Waals surface area (Å²) in [5.41, 5.74) is 0.362. The number of carbonyl (C=O) groups is 3. The van der Waals surface area contributed by atoms with Crippen LogP contribution in [0.25, 0.3) is 0 Å². The molecular weight excluding hydrogens is 380 g/mol. The third-order valence-corrected chi connectivity index (χ3v) is 9.39. The van der Waals surface area contributed by atoms with Crippen molar-refractivity contribution in [2.75, 3.05) is 0 Å². The van der Waals surface area contributed by atoms with Crippen LogP contribution in [0, 0.1) is 28.6 Å². The molecule has 0 aliphatic heterocycles. The molecule has 3 fully saturated rings. The average molecular weight is 417 g/mol. The molecule has 3 saturated carbocycles. The molecule has 0 aromatic rings. The van der Waals surface area contributed by atoms with Crippen molar-refractivity contribution in [2.45, 2.75) is 97.7 Å². The zero-order chi connectivity index (χ0) is 21.9. The summed E-state index contributed by atoms with van der Waals surface area (Å²) >= 11 is 0. The number of hydrogen-bond donors (Lipinski definition) is 0. The van der Waals surface area contributed by atoms with Crippen molar-refractivity contribution in [2.24, 2.45) is 28.6 Å². The number of esters is 2. The second-order valence-corrected chi connectivity index (χ2v) is 10.7. The molecule has 0 aromatic heterocycles. The molecule has 0 radical (unpaired) electrons. The summed E-state index contributed by atoms with van der Waals surface area (Å²) in [5.74, 6) is 0.981. The first-order chi connectivity index (χ1) is 14.0. The Bertz CT molecular complexity index is 799. The van der Waals surface area contributed by atoms with Crippen molar-refractivity contribution < 1.29 is 23.9 Å². The molecule has 4 aliphatic carbocycles. The number of rotatable bonds is 3. The molecule has 5 nitrogen and oxygen atoms in total. The van der Waals surface area contributed by atoms with Crippen LogP contribution in [0.5, 0.6) is 0 Å². The summed E-state index contributed by atoms with van der Waals surface area (Å²) in [7, 11) is 0. The lowest BCUT2D eigenvalue weighted by Crippen LogP contribution is -2.58. The molecule has 0 heterocycles. The van der Waals surface area contributed by atoms with Crippen molar-refractivity contribution >= 4 is 17.7 Å². The predicted molar refractivity (Wildman–Crippen MR) is 112 cm³/mol. The van der Waals surface area contributed by atoms with Gasteiger partial charge in [0.1, 0.15) is 6.10 Å². The van der Waals surface area contributed by atoms with Crippen LogP contribution in [0.4, 0.5) is 0 Å². The Morgan fingerprint density at radius 3 is 2.23 bits per heavy atom. The van der Waals surface area contributed by atoms with Crippen LogP contribution in [-0.2, 0) is 23.9 Å². The van der Waals surface area contributed by atoms with E-state index in [9.17, 15) is 14.4 Å². The number of hydrogen-bond acceptors (Lipinski definition) is 5. The van der Waals surface area contributed by atoms with Crippen molar-refractivity contribution in [1.29, 1.82) is 0 Å². The van der Waals surface area contributed by atoms with E-state index in [0.29, 0.717) is 24.2 Å². The van der Waals surface area contributed by atoms with Crippen molar-refractivity contribution in [3.05, 3.63) is 11.6 Å². The molecule has 7 atom stereocenters. The average Bonchev–Trinajstić information content (AvgIpc) is 2.94. The SMILES string of the molecule is CC(=O)O[C@@H]1C=C2CC[C@@H]3C(CC[C@@]4(C)C3CC[C@]4(OC(C)=O)C(C)=O)[C@@]2(C)CC1. The van der Waals surface area contributed by atoms with Crippen molar-refractivity contribution in [1.82, 2.24) is 0 Å². The Labute approximate surface area is 179 Å². The molecule has 0 aromatic carbocycles. The molecule has 30 heavy (non-hydrogen) atoms. The molecule has 0 amide bonds. The van der Waals surface area contributed by atoms with Gasteiger partial charge >= 0.3 is 11.9 Å². The van der Waals surface area contributed by atoms with Gasteiger partial charge in [-0.3, -0.25) is 14.4 Å². The number of fused-ring (bicyclic) bond motifs is 5. The largest absolute Gasteiger partial charge is 0.458 e. The van der Waals surface area contributed by atoms with Crippen molar-refractivity contribution in [3.8, 4) is 0 Å². The van der Waals surface area contributed by atoms with Crippen molar-refractivity contribution in [3.63, 3.8) is 0 Å². The molecule has 4 aliphatic rings. The summed E-state index contributed by atoms with van der Waals surface area (Å²) in [5, 5.41) is 0. The Balaban J connectivity index is 1.63. The monoisotopic (exact) mass is 416 g/mol. The number of allylic oxidation sites excluding steroid dienone is 1. The van der Waals surface area contributed by atoms with Crippen LogP contribution in [0.3, 0.4) is 0 Å². The zero-order valence-corrected chi connectivity index (χ0v) is 19.1. The van der Waals surface area contributed by atoms with Crippen LogP contribution in [0.15, 0.2) is 11.6 Å². The summed E-state index contributed by atoms with van der Waals surface area (Å²) in [6, 6.07) is 0. The number of ketones is 1. The number of carbonyl (C=O) groups excluding carboxylic acids is 3. The molecule has 0 N–H and O–H groups in total. The van der Waals surface area contributed by atoms with E-state index in [-0.39, 0.29) is 34.7 Å². The van der Waals surface area contributed by atoms with E-state index in [1.807, 2.05) is 0 Å². The summed E-state index contributed by atoms with van der Waals surface area (Å²) in [4.78, 5) is 36.2. The lowest BCUT2D eigenvalue weighted by molar-refractivity contribution is -0.187. The standard InChI is InChI=1S/C25H36O5/c1-15(26)25(30-17(3)28)13-10-22-20-7-6-18-14-19(29-16(2)27)8-11-23(18,4)21(20)9-12-24(22,25)5/h14,19-22H,6-13H2,1-5H3/t19-,20+,21?,22?,23-,24-,25-/m0/s1. The quantitative estimate of drug-likeness (QED) is 0.489. The highest BCUT2D eigenvalue weighted by molar-refractivity contribution is 5.89. The first kappa shape index (κ1) is 21.6. The molecular formula is C25H36O5. The Morgan fingerprint density at radius 2 is 1.60 bits per heavy atom. The Hall–Kier alpha value is -1.65. The third-order valence-electron chi connectivity index (χ3n) is 9.39. The minimum atomic E-state index is -0.960.